The third-order valence-electron chi connectivity index (χ3n) is 7.00. The molecule has 0 bridgehead atoms. The Morgan fingerprint density at radius 1 is 1.10 bits per heavy atom. The number of benzene rings is 1. The molecule has 1 saturated heterocycles. The lowest BCUT2D eigenvalue weighted by Crippen LogP contribution is -2.42. The van der Waals surface area contributed by atoms with Crippen molar-refractivity contribution >= 4 is 21.8 Å². The van der Waals surface area contributed by atoms with Gasteiger partial charge in [-0.25, -0.2) is 26.6 Å². The number of sulfonamides is 1. The molecule has 1 fully saturated rings. The van der Waals surface area contributed by atoms with Crippen LogP contribution in [0.1, 0.15) is 42.0 Å². The van der Waals surface area contributed by atoms with Gasteiger partial charge in [-0.3, -0.25) is 14.3 Å². The number of rotatable bonds is 8. The van der Waals surface area contributed by atoms with Crippen LogP contribution in [0.15, 0.2) is 12.1 Å². The lowest BCUT2D eigenvalue weighted by Gasteiger charge is -2.30. The maximum absolute atomic E-state index is 14.0. The van der Waals surface area contributed by atoms with Crippen molar-refractivity contribution in [3.05, 3.63) is 52.4 Å². The van der Waals surface area contributed by atoms with Gasteiger partial charge < -0.3 is 20.5 Å². The summed E-state index contributed by atoms with van der Waals surface area (Å²) in [4.78, 5) is 30.0. The van der Waals surface area contributed by atoms with Gasteiger partial charge in [-0.1, -0.05) is 0 Å². The number of nitrogens with one attached hydrogen (secondary N) is 2. The van der Waals surface area contributed by atoms with Gasteiger partial charge in [0.15, 0.2) is 11.6 Å². The number of alkyl halides is 3. The Bertz CT molecular complexity index is 1420. The SMILES string of the molecule is N[C@@H](CC(=O)N1CCn2c(C(F)(F)F)nc(CS(=O)(=O)NC(=O)C3CCNCC3)c2C1)Cc1cc(F)c(F)cc1F. The van der Waals surface area contributed by atoms with E-state index in [4.69, 9.17) is 5.73 Å². The number of nitrogens with two attached hydrogens (primary N) is 1. The molecule has 0 aliphatic carbocycles. The van der Waals surface area contributed by atoms with Gasteiger partial charge in [0.1, 0.15) is 11.6 Å². The highest BCUT2D eigenvalue weighted by Crippen LogP contribution is 2.33. The second-order valence-electron chi connectivity index (χ2n) is 10.1. The lowest BCUT2D eigenvalue weighted by atomic mass is 9.98. The Kier molecular flexibility index (Phi) is 8.98. The predicted octanol–water partition coefficient (Wildman–Crippen LogP) is 1.57. The number of fused-ring (bicyclic) bond motifs is 1. The Balaban J connectivity index is 1.48. The highest BCUT2D eigenvalue weighted by atomic mass is 32.2. The number of halogens is 6. The van der Waals surface area contributed by atoms with Gasteiger partial charge in [-0.2, -0.15) is 13.2 Å². The molecule has 2 aliphatic heterocycles. The van der Waals surface area contributed by atoms with E-state index in [1.54, 1.807) is 0 Å². The summed E-state index contributed by atoms with van der Waals surface area (Å²) >= 11 is 0. The molecule has 10 nitrogen and oxygen atoms in total. The average molecular weight is 611 g/mol. The molecule has 2 amide bonds. The third-order valence-corrected chi connectivity index (χ3v) is 8.16. The van der Waals surface area contributed by atoms with E-state index in [2.05, 4.69) is 10.3 Å². The van der Waals surface area contributed by atoms with Gasteiger partial charge in [-0.05, 0) is 44.0 Å². The van der Waals surface area contributed by atoms with Crippen molar-refractivity contribution in [3.8, 4) is 0 Å². The Morgan fingerprint density at radius 3 is 2.41 bits per heavy atom. The Labute approximate surface area is 231 Å². The van der Waals surface area contributed by atoms with E-state index in [1.165, 1.54) is 0 Å². The third kappa shape index (κ3) is 7.37. The fourth-order valence-electron chi connectivity index (χ4n) is 4.94. The predicted molar refractivity (Wildman–Crippen MR) is 132 cm³/mol. The Morgan fingerprint density at radius 2 is 1.76 bits per heavy atom. The largest absolute Gasteiger partial charge is 0.449 e. The van der Waals surface area contributed by atoms with Crippen LogP contribution in [-0.2, 0) is 51.1 Å². The van der Waals surface area contributed by atoms with Gasteiger partial charge in [0, 0.05) is 37.5 Å². The number of imidazole rings is 1. The smallest absolute Gasteiger partial charge is 0.335 e. The number of amides is 2. The van der Waals surface area contributed by atoms with Gasteiger partial charge >= 0.3 is 6.18 Å². The maximum Gasteiger partial charge on any atom is 0.449 e. The first-order chi connectivity index (χ1) is 19.1. The van der Waals surface area contributed by atoms with Crippen molar-refractivity contribution in [1.29, 1.82) is 0 Å². The molecular weight excluding hydrogens is 582 g/mol. The summed E-state index contributed by atoms with van der Waals surface area (Å²) in [6, 6.07) is -0.0540. The normalized spacial score (nSPS) is 17.3. The molecule has 2 aromatic rings. The van der Waals surface area contributed by atoms with Crippen molar-refractivity contribution in [1.82, 2.24) is 24.5 Å². The first kappa shape index (κ1) is 30.8. The molecule has 0 unspecified atom stereocenters. The summed E-state index contributed by atoms with van der Waals surface area (Å²) in [5.74, 6) is -8.03. The topological polar surface area (TPSA) is 139 Å². The van der Waals surface area contributed by atoms with E-state index in [0.29, 0.717) is 38.1 Å². The monoisotopic (exact) mass is 610 g/mol. The number of hydrogen-bond donors (Lipinski definition) is 3. The molecule has 0 saturated carbocycles. The van der Waals surface area contributed by atoms with Crippen LogP contribution in [0.25, 0.3) is 0 Å². The molecule has 4 N–H and O–H groups in total. The highest BCUT2D eigenvalue weighted by Gasteiger charge is 2.41. The van der Waals surface area contributed by atoms with Crippen LogP contribution >= 0.6 is 0 Å². The van der Waals surface area contributed by atoms with E-state index in [-0.39, 0.29) is 30.8 Å². The van der Waals surface area contributed by atoms with Crippen molar-refractivity contribution in [2.75, 3.05) is 19.6 Å². The van der Waals surface area contributed by atoms with Crippen molar-refractivity contribution in [2.45, 2.75) is 56.7 Å². The second kappa shape index (κ2) is 12.0. The Hall–Kier alpha value is -3.18. The molecule has 1 aromatic carbocycles. The first-order valence-electron chi connectivity index (χ1n) is 12.7. The van der Waals surface area contributed by atoms with Crippen molar-refractivity contribution < 1.29 is 44.3 Å². The van der Waals surface area contributed by atoms with Crippen LogP contribution in [0.5, 0.6) is 0 Å². The maximum atomic E-state index is 14.0. The molecule has 1 aromatic heterocycles. The van der Waals surface area contributed by atoms with Crippen LogP contribution in [0.4, 0.5) is 26.3 Å². The number of nitrogens with zero attached hydrogens (tertiary/aromatic N) is 3. The first-order valence-corrected chi connectivity index (χ1v) is 14.4. The molecule has 226 valence electrons. The van der Waals surface area contributed by atoms with Crippen LogP contribution in [0.3, 0.4) is 0 Å². The van der Waals surface area contributed by atoms with E-state index in [9.17, 15) is 44.3 Å². The zero-order chi connectivity index (χ0) is 30.1. The summed E-state index contributed by atoms with van der Waals surface area (Å²) in [7, 11) is -4.43. The fourth-order valence-corrected chi connectivity index (χ4v) is 6.08. The number of carbonyl (C=O) groups is 2. The van der Waals surface area contributed by atoms with Crippen molar-refractivity contribution in [3.63, 3.8) is 0 Å². The number of piperidine rings is 1. The molecule has 1 atom stereocenters. The number of aromatic nitrogens is 2. The van der Waals surface area contributed by atoms with Crippen molar-refractivity contribution in [2.24, 2.45) is 11.7 Å². The summed E-state index contributed by atoms with van der Waals surface area (Å²) < 4.78 is 110. The van der Waals surface area contributed by atoms with Gasteiger partial charge in [0.2, 0.25) is 27.7 Å². The summed E-state index contributed by atoms with van der Waals surface area (Å²) in [6.45, 7) is 0.0740. The molecule has 17 heteroatoms. The summed E-state index contributed by atoms with van der Waals surface area (Å²) in [6.07, 6.45) is -4.83. The minimum absolute atomic E-state index is 0.170. The van der Waals surface area contributed by atoms with Crippen LogP contribution < -0.4 is 15.8 Å². The highest BCUT2D eigenvalue weighted by molar-refractivity contribution is 7.89. The van der Waals surface area contributed by atoms with E-state index >= 15 is 0 Å². The van der Waals surface area contributed by atoms with E-state index in [0.717, 1.165) is 9.47 Å². The van der Waals surface area contributed by atoms with E-state index < -0.39 is 87.7 Å². The minimum Gasteiger partial charge on any atom is -0.335 e. The number of hydrogen-bond acceptors (Lipinski definition) is 7. The average Bonchev–Trinajstić information content (AvgIpc) is 3.25. The molecule has 41 heavy (non-hydrogen) atoms. The lowest BCUT2D eigenvalue weighted by molar-refractivity contribution is -0.148. The number of carbonyl (C=O) groups excluding carboxylic acids is 2. The second-order valence-corrected chi connectivity index (χ2v) is 11.8. The molecule has 3 heterocycles. The zero-order valence-electron chi connectivity index (χ0n) is 21.6. The van der Waals surface area contributed by atoms with E-state index in [1.807, 2.05) is 4.72 Å². The molecular formula is C24H28F6N6O4S. The summed E-state index contributed by atoms with van der Waals surface area (Å²) in [5.41, 5.74) is 5.04. The minimum atomic E-state index is -4.92. The van der Waals surface area contributed by atoms with Gasteiger partial charge in [0.05, 0.1) is 17.9 Å². The van der Waals surface area contributed by atoms with Gasteiger partial charge in [0.25, 0.3) is 0 Å². The standard InChI is InChI=1S/C24H28F6N6O4S/c25-16-10-18(27)17(26)8-14(16)7-15(31)9-21(37)35-5-6-36-20(11-35)19(33-23(36)24(28,29)30)12-41(39,40)34-22(38)13-1-3-32-4-2-13/h8,10,13,15,32H,1-7,9,11-12,31H2,(H,34,38)/t15-/m1/s1. The fraction of sp³-hybridized carbons (Fsp3) is 0.542. The van der Waals surface area contributed by atoms with Gasteiger partial charge in [-0.15, -0.1) is 0 Å². The molecule has 2 aliphatic rings. The molecule has 4 rings (SSSR count). The molecule has 0 spiro atoms. The summed E-state index contributed by atoms with van der Waals surface area (Å²) in [5, 5.41) is 3.03. The van der Waals surface area contributed by atoms with Crippen LogP contribution in [0.2, 0.25) is 0 Å². The van der Waals surface area contributed by atoms with Crippen LogP contribution in [-0.4, -0.2) is 60.4 Å². The quantitative estimate of drug-likeness (QED) is 0.305. The zero-order valence-corrected chi connectivity index (χ0v) is 22.4. The van der Waals surface area contributed by atoms with Crippen LogP contribution in [0, 0.1) is 23.4 Å². The molecule has 0 radical (unpaired) electrons.